The number of aryl methyl sites for hydroxylation is 2. The molecule has 0 aliphatic carbocycles. The van der Waals surface area contributed by atoms with E-state index in [0.717, 1.165) is 27.7 Å². The summed E-state index contributed by atoms with van der Waals surface area (Å²) in [6.45, 7) is 18.1. The first kappa shape index (κ1) is 20.7. The van der Waals surface area contributed by atoms with E-state index in [0.29, 0.717) is 6.61 Å². The molecule has 1 amide bonds. The number of benzene rings is 1. The van der Waals surface area contributed by atoms with Crippen molar-refractivity contribution in [1.82, 2.24) is 0 Å². The number of hydrogen-bond acceptors (Lipinski definition) is 2. The topological polar surface area (TPSA) is 29.5 Å². The fourth-order valence-electron chi connectivity index (χ4n) is 3.10. The zero-order valence-corrected chi connectivity index (χ0v) is 19.5. The SMILES string of the molecule is Cc1cc(N2C(=O)[C@H](C)C[C@@H]2CO[Si](C)(C)C(C)(C)C)cc(C)c1Br. The maximum Gasteiger partial charge on any atom is 0.230 e. The Morgan fingerprint density at radius 3 is 2.24 bits per heavy atom. The quantitative estimate of drug-likeness (QED) is 0.567. The molecule has 2 atom stereocenters. The highest BCUT2D eigenvalue weighted by molar-refractivity contribution is 9.10. The van der Waals surface area contributed by atoms with Crippen LogP contribution in [0.1, 0.15) is 45.2 Å². The molecule has 25 heavy (non-hydrogen) atoms. The molecular formula is C20H32BrNO2Si. The van der Waals surface area contributed by atoms with Gasteiger partial charge in [0.15, 0.2) is 8.32 Å². The van der Waals surface area contributed by atoms with Crippen LogP contribution in [0.3, 0.4) is 0 Å². The lowest BCUT2D eigenvalue weighted by Crippen LogP contribution is -2.45. The highest BCUT2D eigenvalue weighted by Crippen LogP contribution is 2.38. The number of carbonyl (C=O) groups is 1. The molecule has 0 saturated carbocycles. The molecule has 3 nitrogen and oxygen atoms in total. The first-order valence-electron chi connectivity index (χ1n) is 9.09. The van der Waals surface area contributed by atoms with E-state index in [-0.39, 0.29) is 22.9 Å². The van der Waals surface area contributed by atoms with Gasteiger partial charge in [0.05, 0.1) is 12.6 Å². The first-order chi connectivity index (χ1) is 11.3. The van der Waals surface area contributed by atoms with Gasteiger partial charge in [-0.3, -0.25) is 4.79 Å². The Morgan fingerprint density at radius 1 is 1.24 bits per heavy atom. The molecule has 2 rings (SSSR count). The van der Waals surface area contributed by atoms with E-state index in [9.17, 15) is 4.79 Å². The highest BCUT2D eigenvalue weighted by Gasteiger charge is 2.42. The molecule has 1 aromatic rings. The Bertz CT molecular complexity index is 643. The predicted molar refractivity (Wildman–Crippen MR) is 112 cm³/mol. The van der Waals surface area contributed by atoms with Crippen LogP contribution in [-0.2, 0) is 9.22 Å². The predicted octanol–water partition coefficient (Wildman–Crippen LogP) is 5.83. The minimum absolute atomic E-state index is 0.0530. The van der Waals surface area contributed by atoms with Gasteiger partial charge in [-0.2, -0.15) is 0 Å². The standard InChI is InChI=1S/C20H32BrNO2Si/c1-13-9-16(10-14(2)18(13)21)22-17(11-15(3)19(22)23)12-24-25(7,8)20(4,5)6/h9-10,15,17H,11-12H2,1-8H3/t15-,17-/m1/s1. The second kappa shape index (κ2) is 7.16. The van der Waals surface area contributed by atoms with Crippen LogP contribution in [0.25, 0.3) is 0 Å². The average Bonchev–Trinajstić information content (AvgIpc) is 2.76. The minimum Gasteiger partial charge on any atom is -0.415 e. The van der Waals surface area contributed by atoms with Crippen molar-refractivity contribution < 1.29 is 9.22 Å². The number of nitrogens with zero attached hydrogens (tertiary/aromatic N) is 1. The van der Waals surface area contributed by atoms with Crippen molar-refractivity contribution in [3.63, 3.8) is 0 Å². The molecule has 1 fully saturated rings. The van der Waals surface area contributed by atoms with Gasteiger partial charge in [-0.25, -0.2) is 0 Å². The number of anilines is 1. The third kappa shape index (κ3) is 4.20. The van der Waals surface area contributed by atoms with Crippen LogP contribution in [0.5, 0.6) is 0 Å². The maximum atomic E-state index is 12.8. The minimum atomic E-state index is -1.82. The van der Waals surface area contributed by atoms with Gasteiger partial charge in [-0.05, 0) is 61.7 Å². The number of carbonyl (C=O) groups excluding carboxylic acids is 1. The number of rotatable bonds is 4. The number of halogens is 1. The molecule has 0 N–H and O–H groups in total. The zero-order chi connectivity index (χ0) is 19.2. The fourth-order valence-corrected chi connectivity index (χ4v) is 4.37. The first-order valence-corrected chi connectivity index (χ1v) is 12.8. The zero-order valence-electron chi connectivity index (χ0n) is 16.9. The van der Waals surface area contributed by atoms with Gasteiger partial charge in [0.2, 0.25) is 5.91 Å². The Labute approximate surface area is 162 Å². The van der Waals surface area contributed by atoms with E-state index in [4.69, 9.17) is 4.43 Å². The fraction of sp³-hybridized carbons (Fsp3) is 0.650. The lowest BCUT2D eigenvalue weighted by molar-refractivity contribution is -0.120. The van der Waals surface area contributed by atoms with Crippen LogP contribution in [0.4, 0.5) is 5.69 Å². The van der Waals surface area contributed by atoms with Gasteiger partial charge >= 0.3 is 0 Å². The average molecular weight is 426 g/mol. The third-order valence-electron chi connectivity index (χ3n) is 5.79. The van der Waals surface area contributed by atoms with E-state index >= 15 is 0 Å². The molecule has 0 bridgehead atoms. The molecule has 5 heteroatoms. The Kier molecular flexibility index (Phi) is 5.92. The van der Waals surface area contributed by atoms with E-state index in [2.05, 4.69) is 75.8 Å². The van der Waals surface area contributed by atoms with E-state index in [1.807, 2.05) is 11.8 Å². The Hall–Kier alpha value is -0.653. The van der Waals surface area contributed by atoms with Crippen LogP contribution in [-0.4, -0.2) is 26.9 Å². The number of amides is 1. The van der Waals surface area contributed by atoms with E-state index in [1.54, 1.807) is 0 Å². The van der Waals surface area contributed by atoms with Crippen molar-refractivity contribution in [3.8, 4) is 0 Å². The molecule has 1 aliphatic rings. The van der Waals surface area contributed by atoms with E-state index in [1.165, 1.54) is 0 Å². The van der Waals surface area contributed by atoms with Crippen LogP contribution in [0.15, 0.2) is 16.6 Å². The molecule has 1 heterocycles. The summed E-state index contributed by atoms with van der Waals surface area (Å²) >= 11 is 3.62. The van der Waals surface area contributed by atoms with Crippen molar-refractivity contribution in [2.45, 2.75) is 72.1 Å². The molecular weight excluding hydrogens is 394 g/mol. The van der Waals surface area contributed by atoms with Crippen molar-refractivity contribution in [2.24, 2.45) is 5.92 Å². The summed E-state index contributed by atoms with van der Waals surface area (Å²) in [7, 11) is -1.82. The van der Waals surface area contributed by atoms with Crippen molar-refractivity contribution >= 4 is 35.8 Å². The summed E-state index contributed by atoms with van der Waals surface area (Å²) in [5.41, 5.74) is 3.31. The normalized spacial score (nSPS) is 22.0. The third-order valence-corrected chi connectivity index (χ3v) is 11.5. The van der Waals surface area contributed by atoms with Gasteiger partial charge in [0, 0.05) is 16.1 Å². The van der Waals surface area contributed by atoms with Crippen LogP contribution >= 0.6 is 15.9 Å². The monoisotopic (exact) mass is 425 g/mol. The lowest BCUT2D eigenvalue weighted by atomic mass is 10.1. The van der Waals surface area contributed by atoms with Gasteiger partial charge in [-0.1, -0.05) is 43.6 Å². The van der Waals surface area contributed by atoms with Gasteiger partial charge in [0.25, 0.3) is 0 Å². The molecule has 1 saturated heterocycles. The summed E-state index contributed by atoms with van der Waals surface area (Å²) in [4.78, 5) is 14.8. The molecule has 140 valence electrons. The van der Waals surface area contributed by atoms with Crippen LogP contribution in [0, 0.1) is 19.8 Å². The molecule has 1 aliphatic heterocycles. The summed E-state index contributed by atoms with van der Waals surface area (Å²) in [5, 5.41) is 0.177. The van der Waals surface area contributed by atoms with Crippen molar-refractivity contribution in [3.05, 3.63) is 27.7 Å². The Morgan fingerprint density at radius 2 is 1.76 bits per heavy atom. The molecule has 0 spiro atoms. The number of hydrogen-bond donors (Lipinski definition) is 0. The smallest absolute Gasteiger partial charge is 0.230 e. The summed E-state index contributed by atoms with van der Waals surface area (Å²) in [6.07, 6.45) is 0.863. The van der Waals surface area contributed by atoms with Gasteiger partial charge in [-0.15, -0.1) is 0 Å². The molecule has 1 aromatic carbocycles. The molecule has 0 aromatic heterocycles. The van der Waals surface area contributed by atoms with E-state index < -0.39 is 8.32 Å². The van der Waals surface area contributed by atoms with Crippen LogP contribution < -0.4 is 4.90 Å². The highest BCUT2D eigenvalue weighted by atomic mass is 79.9. The van der Waals surface area contributed by atoms with Crippen molar-refractivity contribution in [1.29, 1.82) is 0 Å². The second-order valence-electron chi connectivity index (χ2n) is 8.96. The van der Waals surface area contributed by atoms with Gasteiger partial charge in [0.1, 0.15) is 0 Å². The summed E-state index contributed by atoms with van der Waals surface area (Å²) < 4.78 is 7.56. The largest absolute Gasteiger partial charge is 0.415 e. The Balaban J connectivity index is 2.27. The van der Waals surface area contributed by atoms with Crippen LogP contribution in [0.2, 0.25) is 18.1 Å². The molecule has 0 unspecified atom stereocenters. The summed E-state index contributed by atoms with van der Waals surface area (Å²) in [5.74, 6) is 0.266. The second-order valence-corrected chi connectivity index (χ2v) is 14.6. The molecule has 0 radical (unpaired) electrons. The maximum absolute atomic E-state index is 12.8. The summed E-state index contributed by atoms with van der Waals surface area (Å²) in [6, 6.07) is 4.33. The van der Waals surface area contributed by atoms with Gasteiger partial charge < -0.3 is 9.33 Å². The lowest BCUT2D eigenvalue weighted by Gasteiger charge is -2.38. The van der Waals surface area contributed by atoms with Crippen molar-refractivity contribution in [2.75, 3.05) is 11.5 Å².